The van der Waals surface area contributed by atoms with Crippen molar-refractivity contribution >= 4 is 16.9 Å². The van der Waals surface area contributed by atoms with Gasteiger partial charge in [-0.2, -0.15) is 0 Å². The molecule has 1 fully saturated rings. The molecule has 1 aliphatic rings. The van der Waals surface area contributed by atoms with Crippen LogP contribution in [0.4, 0.5) is 0 Å². The summed E-state index contributed by atoms with van der Waals surface area (Å²) in [5, 5.41) is 3.47. The summed E-state index contributed by atoms with van der Waals surface area (Å²) in [5.41, 5.74) is 2.74. The van der Waals surface area contributed by atoms with Gasteiger partial charge in [-0.25, -0.2) is 0 Å². The number of methoxy groups -OCH3 is 1. The van der Waals surface area contributed by atoms with Crippen molar-refractivity contribution in [3.63, 3.8) is 0 Å². The fourth-order valence-electron chi connectivity index (χ4n) is 4.35. The van der Waals surface area contributed by atoms with Gasteiger partial charge >= 0.3 is 0 Å². The second kappa shape index (κ2) is 9.47. The number of rotatable bonds is 6. The first-order valence-electron chi connectivity index (χ1n) is 11.1. The third-order valence-corrected chi connectivity index (χ3v) is 5.95. The maximum absolute atomic E-state index is 13.4. The second-order valence-corrected chi connectivity index (χ2v) is 8.47. The second-order valence-electron chi connectivity index (χ2n) is 8.47. The number of hydrogen-bond acceptors (Lipinski definition) is 5. The molecule has 6 heteroatoms. The lowest BCUT2D eigenvalue weighted by atomic mass is 9.95. The Morgan fingerprint density at radius 2 is 1.81 bits per heavy atom. The van der Waals surface area contributed by atoms with Gasteiger partial charge in [-0.05, 0) is 68.1 Å². The van der Waals surface area contributed by atoms with Crippen LogP contribution in [0.1, 0.15) is 43.2 Å². The third-order valence-electron chi connectivity index (χ3n) is 5.95. The number of amides is 1. The molecule has 0 radical (unpaired) electrons. The highest BCUT2D eigenvalue weighted by Crippen LogP contribution is 2.33. The SMILES string of the molecule is COc1ccc(-c2oc3c(C)cc(C)cc3c(=O)c2OCC(=O)NC2CCCCC2)cc1. The predicted molar refractivity (Wildman–Crippen MR) is 124 cm³/mol. The van der Waals surface area contributed by atoms with E-state index in [2.05, 4.69) is 5.32 Å². The molecule has 1 saturated carbocycles. The largest absolute Gasteiger partial charge is 0.497 e. The molecule has 168 valence electrons. The molecule has 3 aromatic rings. The zero-order chi connectivity index (χ0) is 22.7. The van der Waals surface area contributed by atoms with Gasteiger partial charge in [-0.3, -0.25) is 9.59 Å². The van der Waals surface area contributed by atoms with Crippen LogP contribution in [0, 0.1) is 13.8 Å². The average molecular weight is 436 g/mol. The van der Waals surface area contributed by atoms with Crippen molar-refractivity contribution in [1.29, 1.82) is 0 Å². The number of carbonyl (C=O) groups is 1. The maximum Gasteiger partial charge on any atom is 0.258 e. The monoisotopic (exact) mass is 435 g/mol. The van der Waals surface area contributed by atoms with E-state index in [9.17, 15) is 9.59 Å². The first-order chi connectivity index (χ1) is 15.5. The minimum absolute atomic E-state index is 0.0476. The van der Waals surface area contributed by atoms with Crippen LogP contribution in [0.25, 0.3) is 22.3 Å². The summed E-state index contributed by atoms with van der Waals surface area (Å²) in [7, 11) is 1.59. The summed E-state index contributed by atoms with van der Waals surface area (Å²) in [6, 6.07) is 11.1. The smallest absolute Gasteiger partial charge is 0.258 e. The van der Waals surface area contributed by atoms with Crippen LogP contribution < -0.4 is 20.2 Å². The zero-order valence-electron chi connectivity index (χ0n) is 18.8. The van der Waals surface area contributed by atoms with Gasteiger partial charge in [-0.1, -0.05) is 25.3 Å². The standard InChI is InChI=1S/C26H29NO5/c1-16-13-17(2)24-21(14-16)23(29)26(25(32-24)18-9-11-20(30-3)12-10-18)31-15-22(28)27-19-7-5-4-6-8-19/h9-14,19H,4-8,15H2,1-3H3,(H,27,28). The van der Waals surface area contributed by atoms with Gasteiger partial charge in [0.1, 0.15) is 11.3 Å². The van der Waals surface area contributed by atoms with Crippen molar-refractivity contribution in [3.05, 3.63) is 57.7 Å². The molecule has 0 saturated heterocycles. The van der Waals surface area contributed by atoms with Crippen LogP contribution in [0.3, 0.4) is 0 Å². The van der Waals surface area contributed by atoms with Crippen LogP contribution in [0.15, 0.2) is 45.6 Å². The Labute approximate surface area is 187 Å². The zero-order valence-corrected chi connectivity index (χ0v) is 18.8. The van der Waals surface area contributed by atoms with Crippen molar-refractivity contribution in [2.75, 3.05) is 13.7 Å². The molecule has 1 amide bonds. The number of ether oxygens (including phenoxy) is 2. The summed E-state index contributed by atoms with van der Waals surface area (Å²) >= 11 is 0. The molecule has 1 N–H and O–H groups in total. The van der Waals surface area contributed by atoms with E-state index >= 15 is 0 Å². The van der Waals surface area contributed by atoms with Gasteiger partial charge in [0, 0.05) is 11.6 Å². The molecule has 2 aromatic carbocycles. The van der Waals surface area contributed by atoms with Crippen molar-refractivity contribution in [2.45, 2.75) is 52.0 Å². The molecular formula is C26H29NO5. The minimum atomic E-state index is -0.283. The Bertz CT molecular complexity index is 1170. The van der Waals surface area contributed by atoms with E-state index < -0.39 is 0 Å². The first-order valence-corrected chi connectivity index (χ1v) is 11.1. The quantitative estimate of drug-likeness (QED) is 0.595. The summed E-state index contributed by atoms with van der Waals surface area (Å²) in [5.74, 6) is 0.824. The van der Waals surface area contributed by atoms with E-state index in [-0.39, 0.29) is 29.7 Å². The molecule has 0 aliphatic heterocycles. The van der Waals surface area contributed by atoms with E-state index in [0.29, 0.717) is 28.0 Å². The lowest BCUT2D eigenvalue weighted by molar-refractivity contribution is -0.124. The number of benzene rings is 2. The summed E-state index contributed by atoms with van der Waals surface area (Å²) in [4.78, 5) is 25.9. The molecule has 1 heterocycles. The molecule has 0 atom stereocenters. The lowest BCUT2D eigenvalue weighted by Gasteiger charge is -2.22. The molecular weight excluding hydrogens is 406 g/mol. The number of aryl methyl sites for hydroxylation is 2. The molecule has 0 bridgehead atoms. The molecule has 0 unspecified atom stereocenters. The molecule has 0 spiro atoms. The lowest BCUT2D eigenvalue weighted by Crippen LogP contribution is -2.39. The van der Waals surface area contributed by atoms with Crippen LogP contribution in [-0.2, 0) is 4.79 Å². The van der Waals surface area contributed by atoms with E-state index in [1.165, 1.54) is 6.42 Å². The van der Waals surface area contributed by atoms with E-state index in [1.54, 1.807) is 37.4 Å². The Morgan fingerprint density at radius 1 is 1.09 bits per heavy atom. The fourth-order valence-corrected chi connectivity index (χ4v) is 4.35. The van der Waals surface area contributed by atoms with E-state index in [0.717, 1.165) is 36.8 Å². The highest BCUT2D eigenvalue weighted by molar-refractivity contribution is 5.85. The average Bonchev–Trinajstić information content (AvgIpc) is 2.79. The maximum atomic E-state index is 13.4. The van der Waals surface area contributed by atoms with Crippen LogP contribution >= 0.6 is 0 Å². The predicted octanol–water partition coefficient (Wildman–Crippen LogP) is 4.91. The van der Waals surface area contributed by atoms with Gasteiger partial charge < -0.3 is 19.2 Å². The van der Waals surface area contributed by atoms with E-state index in [4.69, 9.17) is 13.9 Å². The van der Waals surface area contributed by atoms with Crippen molar-refractivity contribution in [2.24, 2.45) is 0 Å². The summed E-state index contributed by atoms with van der Waals surface area (Å²) in [6.45, 7) is 3.61. The van der Waals surface area contributed by atoms with E-state index in [1.807, 2.05) is 19.9 Å². The van der Waals surface area contributed by atoms with Gasteiger partial charge in [0.15, 0.2) is 12.4 Å². The molecule has 1 aromatic heterocycles. The molecule has 4 rings (SSSR count). The summed E-state index contributed by atoms with van der Waals surface area (Å²) in [6.07, 6.45) is 5.44. The number of fused-ring (bicyclic) bond motifs is 1. The number of hydrogen-bond donors (Lipinski definition) is 1. The van der Waals surface area contributed by atoms with Gasteiger partial charge in [0.2, 0.25) is 11.2 Å². The van der Waals surface area contributed by atoms with Crippen LogP contribution in [-0.4, -0.2) is 25.7 Å². The number of carbonyl (C=O) groups excluding carboxylic acids is 1. The Morgan fingerprint density at radius 3 is 2.50 bits per heavy atom. The number of nitrogens with one attached hydrogen (secondary N) is 1. The first kappa shape index (κ1) is 21.9. The Kier molecular flexibility index (Phi) is 6.49. The van der Waals surface area contributed by atoms with Crippen molar-refractivity contribution in [1.82, 2.24) is 5.32 Å². The van der Waals surface area contributed by atoms with Gasteiger partial charge in [-0.15, -0.1) is 0 Å². The van der Waals surface area contributed by atoms with Crippen molar-refractivity contribution < 1.29 is 18.7 Å². The minimum Gasteiger partial charge on any atom is -0.497 e. The molecule has 32 heavy (non-hydrogen) atoms. The van der Waals surface area contributed by atoms with Crippen LogP contribution in [0.2, 0.25) is 0 Å². The van der Waals surface area contributed by atoms with Gasteiger partial charge in [0.05, 0.1) is 12.5 Å². The Balaban J connectivity index is 1.70. The van der Waals surface area contributed by atoms with Crippen LogP contribution in [0.5, 0.6) is 11.5 Å². The third kappa shape index (κ3) is 4.64. The topological polar surface area (TPSA) is 77.8 Å². The highest BCUT2D eigenvalue weighted by atomic mass is 16.5. The van der Waals surface area contributed by atoms with Gasteiger partial charge in [0.25, 0.3) is 5.91 Å². The molecule has 6 nitrogen and oxygen atoms in total. The Hall–Kier alpha value is -3.28. The summed E-state index contributed by atoms with van der Waals surface area (Å²) < 4.78 is 17.3. The normalized spacial score (nSPS) is 14.3. The molecule has 1 aliphatic carbocycles. The highest BCUT2D eigenvalue weighted by Gasteiger charge is 2.21. The van der Waals surface area contributed by atoms with Crippen molar-refractivity contribution in [3.8, 4) is 22.8 Å². The fraction of sp³-hybridized carbons (Fsp3) is 0.385.